The highest BCUT2D eigenvalue weighted by Crippen LogP contribution is 2.32. The molecule has 0 bridgehead atoms. The van der Waals surface area contributed by atoms with Gasteiger partial charge in [0.2, 0.25) is 0 Å². The van der Waals surface area contributed by atoms with E-state index >= 15 is 0 Å². The second kappa shape index (κ2) is 6.39. The monoisotopic (exact) mass is 311 g/mol. The van der Waals surface area contributed by atoms with Gasteiger partial charge in [0, 0.05) is 11.4 Å². The predicted octanol–water partition coefficient (Wildman–Crippen LogP) is 4.55. The van der Waals surface area contributed by atoms with Crippen LogP contribution in [0.3, 0.4) is 0 Å². The zero-order valence-electron chi connectivity index (χ0n) is 12.2. The number of nitrogens with two attached hydrogens (primary N) is 1. The molecule has 0 heterocycles. The minimum absolute atomic E-state index is 0.550. The van der Waals surface area contributed by atoms with Gasteiger partial charge in [0.1, 0.15) is 6.61 Å². The lowest BCUT2D eigenvalue weighted by molar-refractivity contribution is 0.177. The molecule has 0 radical (unpaired) electrons. The van der Waals surface area contributed by atoms with Crippen LogP contribution < -0.4 is 5.73 Å². The molecule has 1 aliphatic carbocycles. The van der Waals surface area contributed by atoms with Crippen LogP contribution in [-0.2, 0) is 16.9 Å². The van der Waals surface area contributed by atoms with E-state index in [1.165, 1.54) is 0 Å². The van der Waals surface area contributed by atoms with E-state index in [1.807, 2.05) is 72.8 Å². The van der Waals surface area contributed by atoms with Gasteiger partial charge in [0.05, 0.1) is 11.3 Å². The van der Waals surface area contributed by atoms with E-state index in [-0.39, 0.29) is 0 Å². The van der Waals surface area contributed by atoms with Gasteiger partial charge >= 0.3 is 0 Å². The first kappa shape index (κ1) is 14.9. The van der Waals surface area contributed by atoms with Gasteiger partial charge in [-0.15, -0.1) is 0 Å². The van der Waals surface area contributed by atoms with E-state index in [0.717, 1.165) is 16.9 Å². The fourth-order valence-corrected chi connectivity index (χ4v) is 2.67. The lowest BCUT2D eigenvalue weighted by Gasteiger charge is -2.30. The average molecular weight is 312 g/mol. The highest BCUT2D eigenvalue weighted by molar-refractivity contribution is 6.30. The summed E-state index contributed by atoms with van der Waals surface area (Å²) in [6.45, 7) is 0.553. The van der Waals surface area contributed by atoms with Crippen LogP contribution in [0.25, 0.3) is 0 Å². The lowest BCUT2D eigenvalue weighted by Crippen LogP contribution is -2.36. The summed E-state index contributed by atoms with van der Waals surface area (Å²) in [6, 6.07) is 17.8. The number of allylic oxidation sites excluding steroid dienone is 2. The minimum atomic E-state index is -0.550. The van der Waals surface area contributed by atoms with Crippen molar-refractivity contribution in [2.24, 2.45) is 5.73 Å². The molecule has 22 heavy (non-hydrogen) atoms. The Morgan fingerprint density at radius 2 is 1.77 bits per heavy atom. The number of halogens is 1. The smallest absolute Gasteiger partial charge is 0.113 e. The molecule has 1 aliphatic rings. The summed E-state index contributed by atoms with van der Waals surface area (Å²) >= 11 is 5.95. The van der Waals surface area contributed by atoms with Crippen molar-refractivity contribution in [2.45, 2.75) is 18.6 Å². The van der Waals surface area contributed by atoms with Crippen LogP contribution in [-0.4, -0.2) is 0 Å². The van der Waals surface area contributed by atoms with E-state index < -0.39 is 5.54 Å². The molecule has 0 amide bonds. The van der Waals surface area contributed by atoms with Crippen LogP contribution in [0.15, 0.2) is 78.6 Å². The molecule has 1 unspecified atom stereocenters. The Morgan fingerprint density at radius 3 is 2.50 bits per heavy atom. The third-order valence-corrected chi connectivity index (χ3v) is 4.04. The van der Waals surface area contributed by atoms with Crippen LogP contribution in [0.2, 0.25) is 5.02 Å². The Hall–Kier alpha value is -2.03. The molecule has 0 spiro atoms. The summed E-state index contributed by atoms with van der Waals surface area (Å²) in [7, 11) is 0. The van der Waals surface area contributed by atoms with Gasteiger partial charge < -0.3 is 10.5 Å². The molecule has 3 rings (SSSR count). The van der Waals surface area contributed by atoms with E-state index in [2.05, 4.69) is 0 Å². The third kappa shape index (κ3) is 3.41. The van der Waals surface area contributed by atoms with Crippen molar-refractivity contribution in [3.05, 3.63) is 94.7 Å². The van der Waals surface area contributed by atoms with E-state index in [1.54, 1.807) is 0 Å². The van der Waals surface area contributed by atoms with E-state index in [0.29, 0.717) is 18.1 Å². The molecule has 2 N–H and O–H groups in total. The van der Waals surface area contributed by atoms with Gasteiger partial charge in [-0.1, -0.05) is 66.2 Å². The molecule has 2 aromatic carbocycles. The zero-order valence-corrected chi connectivity index (χ0v) is 13.0. The second-order valence-corrected chi connectivity index (χ2v) is 5.93. The fraction of sp³-hybridized carbons (Fsp3) is 0.158. The van der Waals surface area contributed by atoms with Crippen molar-refractivity contribution < 1.29 is 4.74 Å². The van der Waals surface area contributed by atoms with Gasteiger partial charge in [-0.05, 0) is 29.3 Å². The number of rotatable bonds is 4. The van der Waals surface area contributed by atoms with Crippen LogP contribution in [0.1, 0.15) is 17.5 Å². The molecule has 0 saturated heterocycles. The van der Waals surface area contributed by atoms with E-state index in [4.69, 9.17) is 22.1 Å². The van der Waals surface area contributed by atoms with Crippen molar-refractivity contribution in [2.75, 3.05) is 0 Å². The maximum Gasteiger partial charge on any atom is 0.113 e. The Morgan fingerprint density at radius 1 is 1.05 bits per heavy atom. The van der Waals surface area contributed by atoms with Crippen molar-refractivity contribution in [1.29, 1.82) is 0 Å². The number of benzene rings is 2. The summed E-state index contributed by atoms with van der Waals surface area (Å²) in [6.07, 6.45) is 6.58. The van der Waals surface area contributed by atoms with E-state index in [9.17, 15) is 0 Å². The molecule has 0 aliphatic heterocycles. The SMILES string of the molecule is NC1(c2ccc(Cl)cc2)C=CC=C(OCc2ccccc2)C1. The predicted molar refractivity (Wildman–Crippen MR) is 90.4 cm³/mol. The lowest BCUT2D eigenvalue weighted by atomic mass is 9.84. The Bertz CT molecular complexity index is 691. The molecule has 0 saturated carbocycles. The molecule has 0 fully saturated rings. The van der Waals surface area contributed by atoms with Gasteiger partial charge in [-0.3, -0.25) is 0 Å². The van der Waals surface area contributed by atoms with Gasteiger partial charge in [0.15, 0.2) is 0 Å². The first-order valence-electron chi connectivity index (χ1n) is 7.26. The summed E-state index contributed by atoms with van der Waals surface area (Å²) in [4.78, 5) is 0. The first-order chi connectivity index (χ1) is 10.7. The van der Waals surface area contributed by atoms with Crippen LogP contribution in [0.4, 0.5) is 0 Å². The average Bonchev–Trinajstić information content (AvgIpc) is 2.54. The molecular formula is C19H18ClNO. The molecule has 2 nitrogen and oxygen atoms in total. The second-order valence-electron chi connectivity index (χ2n) is 5.49. The molecule has 1 atom stereocenters. The molecule has 112 valence electrons. The fourth-order valence-electron chi connectivity index (χ4n) is 2.54. The topological polar surface area (TPSA) is 35.2 Å². The van der Waals surface area contributed by atoms with Crippen molar-refractivity contribution in [3.63, 3.8) is 0 Å². The molecule has 2 aromatic rings. The maximum absolute atomic E-state index is 6.54. The summed E-state index contributed by atoms with van der Waals surface area (Å²) in [5.41, 5.74) is 8.16. The Balaban J connectivity index is 1.70. The maximum atomic E-state index is 6.54. The third-order valence-electron chi connectivity index (χ3n) is 3.79. The highest BCUT2D eigenvalue weighted by atomic mass is 35.5. The van der Waals surface area contributed by atoms with Crippen molar-refractivity contribution in [3.8, 4) is 0 Å². The normalized spacial score (nSPS) is 20.5. The van der Waals surface area contributed by atoms with Gasteiger partial charge in [-0.25, -0.2) is 0 Å². The van der Waals surface area contributed by atoms with Crippen molar-refractivity contribution in [1.82, 2.24) is 0 Å². The summed E-state index contributed by atoms with van der Waals surface area (Å²) in [5, 5.41) is 0.711. The molecule has 3 heteroatoms. The Labute approximate surface area is 135 Å². The summed E-state index contributed by atoms with van der Waals surface area (Å²) < 4.78 is 5.91. The number of hydrogen-bond acceptors (Lipinski definition) is 2. The minimum Gasteiger partial charge on any atom is -0.493 e. The van der Waals surface area contributed by atoms with Crippen LogP contribution >= 0.6 is 11.6 Å². The van der Waals surface area contributed by atoms with Crippen LogP contribution in [0.5, 0.6) is 0 Å². The van der Waals surface area contributed by atoms with Gasteiger partial charge in [-0.2, -0.15) is 0 Å². The first-order valence-corrected chi connectivity index (χ1v) is 7.64. The zero-order chi connectivity index (χ0) is 15.4. The molecular weight excluding hydrogens is 294 g/mol. The highest BCUT2D eigenvalue weighted by Gasteiger charge is 2.28. The Kier molecular flexibility index (Phi) is 4.32. The van der Waals surface area contributed by atoms with Gasteiger partial charge in [0.25, 0.3) is 0 Å². The number of ether oxygens (including phenoxy) is 1. The molecule has 0 aromatic heterocycles. The largest absolute Gasteiger partial charge is 0.493 e. The van der Waals surface area contributed by atoms with Crippen molar-refractivity contribution >= 4 is 11.6 Å². The quantitative estimate of drug-likeness (QED) is 0.898. The number of hydrogen-bond donors (Lipinski definition) is 1. The standard InChI is InChI=1S/C19H18ClNO/c20-17-10-8-16(9-11-17)19(21)12-4-7-18(13-19)22-14-15-5-2-1-3-6-15/h1-12H,13-14,21H2. The summed E-state index contributed by atoms with van der Waals surface area (Å²) in [5.74, 6) is 0.892. The van der Waals surface area contributed by atoms with Crippen LogP contribution in [0, 0.1) is 0 Å².